The maximum absolute atomic E-state index is 12.2. The smallest absolute Gasteiger partial charge is 0.251 e. The fourth-order valence-electron chi connectivity index (χ4n) is 2.79. The van der Waals surface area contributed by atoms with Gasteiger partial charge < -0.3 is 10.2 Å². The third-order valence-corrected chi connectivity index (χ3v) is 3.94. The summed E-state index contributed by atoms with van der Waals surface area (Å²) in [4.78, 5) is 22.9. The number of anilines is 1. The molecule has 0 spiro atoms. The van der Waals surface area contributed by atoms with Crippen LogP contribution in [0.5, 0.6) is 0 Å². The molecule has 1 saturated heterocycles. The van der Waals surface area contributed by atoms with Crippen LogP contribution in [0.4, 0.5) is 5.95 Å². The fourth-order valence-corrected chi connectivity index (χ4v) is 2.79. The topological polar surface area (TPSA) is 81.9 Å². The Morgan fingerprint density at radius 3 is 2.96 bits per heavy atom. The molecular weight excluding hydrogens is 290 g/mol. The van der Waals surface area contributed by atoms with Crippen molar-refractivity contribution in [3.63, 3.8) is 0 Å². The van der Waals surface area contributed by atoms with Gasteiger partial charge in [-0.3, -0.25) is 4.79 Å². The number of carbonyl (C=O) groups excluding carboxylic acids is 1. The van der Waals surface area contributed by atoms with Gasteiger partial charge in [0.1, 0.15) is 0 Å². The highest BCUT2D eigenvalue weighted by Crippen LogP contribution is 2.21. The Bertz CT molecular complexity index is 725. The van der Waals surface area contributed by atoms with Gasteiger partial charge in [0.25, 0.3) is 5.91 Å². The van der Waals surface area contributed by atoms with E-state index >= 15 is 0 Å². The van der Waals surface area contributed by atoms with Crippen molar-refractivity contribution < 1.29 is 4.79 Å². The number of benzene rings is 1. The van der Waals surface area contributed by atoms with Gasteiger partial charge in [0, 0.05) is 37.1 Å². The molecule has 1 aromatic heterocycles. The van der Waals surface area contributed by atoms with Crippen LogP contribution >= 0.6 is 0 Å². The molecule has 1 amide bonds. The molecule has 0 radical (unpaired) electrons. The summed E-state index contributed by atoms with van der Waals surface area (Å²) in [5.41, 5.74) is 0.988. The summed E-state index contributed by atoms with van der Waals surface area (Å²) in [6, 6.07) is 10.7. The minimum atomic E-state index is -0.164. The Balaban J connectivity index is 1.63. The van der Waals surface area contributed by atoms with Crippen molar-refractivity contribution in [2.45, 2.75) is 18.9 Å². The molecule has 1 aromatic carbocycles. The van der Waals surface area contributed by atoms with Crippen LogP contribution in [0.1, 0.15) is 28.8 Å². The van der Waals surface area contributed by atoms with E-state index in [1.54, 1.807) is 42.7 Å². The Kier molecular flexibility index (Phi) is 4.48. The maximum atomic E-state index is 12.2. The van der Waals surface area contributed by atoms with Crippen LogP contribution in [-0.2, 0) is 0 Å². The van der Waals surface area contributed by atoms with Crippen molar-refractivity contribution in [3.05, 3.63) is 53.9 Å². The Morgan fingerprint density at radius 1 is 1.35 bits per heavy atom. The van der Waals surface area contributed by atoms with E-state index in [0.29, 0.717) is 23.6 Å². The van der Waals surface area contributed by atoms with Crippen molar-refractivity contribution in [3.8, 4) is 6.07 Å². The lowest BCUT2D eigenvalue weighted by Gasteiger charge is -2.24. The number of aromatic nitrogens is 2. The highest BCUT2D eigenvalue weighted by molar-refractivity contribution is 5.94. The highest BCUT2D eigenvalue weighted by atomic mass is 16.1. The molecule has 23 heavy (non-hydrogen) atoms. The van der Waals surface area contributed by atoms with Crippen molar-refractivity contribution >= 4 is 11.9 Å². The van der Waals surface area contributed by atoms with Crippen molar-refractivity contribution in [2.75, 3.05) is 18.0 Å². The summed E-state index contributed by atoms with van der Waals surface area (Å²) in [7, 11) is 0. The molecule has 2 heterocycles. The van der Waals surface area contributed by atoms with Gasteiger partial charge >= 0.3 is 0 Å². The molecule has 116 valence electrons. The molecule has 1 aliphatic rings. The number of amides is 1. The van der Waals surface area contributed by atoms with Gasteiger partial charge in [0.15, 0.2) is 0 Å². The van der Waals surface area contributed by atoms with Gasteiger partial charge in [0.05, 0.1) is 11.6 Å². The summed E-state index contributed by atoms with van der Waals surface area (Å²) in [5, 5.41) is 11.9. The summed E-state index contributed by atoms with van der Waals surface area (Å²) in [5.74, 6) is 0.540. The molecule has 1 aliphatic heterocycles. The Labute approximate surface area is 134 Å². The van der Waals surface area contributed by atoms with Crippen LogP contribution in [0.15, 0.2) is 42.7 Å². The van der Waals surface area contributed by atoms with Gasteiger partial charge in [0.2, 0.25) is 5.95 Å². The molecular formula is C17H17N5O. The van der Waals surface area contributed by atoms with Crippen LogP contribution in [-0.4, -0.2) is 35.0 Å². The highest BCUT2D eigenvalue weighted by Gasteiger charge is 2.26. The van der Waals surface area contributed by atoms with Gasteiger partial charge in [-0.2, -0.15) is 5.26 Å². The average Bonchev–Trinajstić information content (AvgIpc) is 3.09. The Morgan fingerprint density at radius 2 is 2.17 bits per heavy atom. The summed E-state index contributed by atoms with van der Waals surface area (Å²) < 4.78 is 0. The van der Waals surface area contributed by atoms with E-state index in [9.17, 15) is 4.79 Å². The molecule has 1 atom stereocenters. The number of hydrogen-bond acceptors (Lipinski definition) is 5. The molecule has 3 rings (SSSR count). The average molecular weight is 307 g/mol. The molecule has 0 saturated carbocycles. The molecule has 2 aromatic rings. The monoisotopic (exact) mass is 307 g/mol. The molecule has 1 fully saturated rings. The first-order valence-electron chi connectivity index (χ1n) is 7.60. The summed E-state index contributed by atoms with van der Waals surface area (Å²) in [6.07, 6.45) is 5.51. The third kappa shape index (κ3) is 3.46. The second-order valence-electron chi connectivity index (χ2n) is 5.44. The second-order valence-corrected chi connectivity index (χ2v) is 5.44. The van der Waals surface area contributed by atoms with Crippen LogP contribution in [0, 0.1) is 11.3 Å². The lowest BCUT2D eigenvalue weighted by molar-refractivity contribution is 0.0951. The third-order valence-electron chi connectivity index (χ3n) is 3.94. The molecule has 0 unspecified atom stereocenters. The van der Waals surface area contributed by atoms with Gasteiger partial charge in [-0.1, -0.05) is 6.07 Å². The number of nitrogens with one attached hydrogen (secondary N) is 1. The number of rotatable bonds is 4. The first-order chi connectivity index (χ1) is 11.3. The zero-order valence-electron chi connectivity index (χ0n) is 12.6. The lowest BCUT2D eigenvalue weighted by Crippen LogP contribution is -2.41. The number of nitrogens with zero attached hydrogens (tertiary/aromatic N) is 4. The first-order valence-corrected chi connectivity index (χ1v) is 7.60. The van der Waals surface area contributed by atoms with Gasteiger partial charge in [-0.25, -0.2) is 9.97 Å². The SMILES string of the molecule is N#Cc1cccc(C(=O)NC[C@H]2CCCN2c2ncccn2)c1. The molecule has 0 bridgehead atoms. The second kappa shape index (κ2) is 6.88. The Hall–Kier alpha value is -2.94. The zero-order valence-corrected chi connectivity index (χ0v) is 12.6. The molecule has 1 N–H and O–H groups in total. The van der Waals surface area contributed by atoms with E-state index in [1.807, 2.05) is 6.07 Å². The number of nitriles is 1. The van der Waals surface area contributed by atoms with Crippen molar-refractivity contribution in [1.82, 2.24) is 15.3 Å². The van der Waals surface area contributed by atoms with Crippen LogP contribution in [0.2, 0.25) is 0 Å². The van der Waals surface area contributed by atoms with E-state index in [2.05, 4.69) is 20.2 Å². The molecule has 6 heteroatoms. The predicted molar refractivity (Wildman–Crippen MR) is 85.9 cm³/mol. The minimum absolute atomic E-state index is 0.164. The first kappa shape index (κ1) is 15.0. The van der Waals surface area contributed by atoms with E-state index in [1.165, 1.54) is 0 Å². The molecule has 0 aliphatic carbocycles. The van der Waals surface area contributed by atoms with Crippen LogP contribution < -0.4 is 10.2 Å². The van der Waals surface area contributed by atoms with Crippen molar-refractivity contribution in [2.24, 2.45) is 0 Å². The van der Waals surface area contributed by atoms with E-state index in [4.69, 9.17) is 5.26 Å². The van der Waals surface area contributed by atoms with Crippen molar-refractivity contribution in [1.29, 1.82) is 5.26 Å². The fraction of sp³-hybridized carbons (Fsp3) is 0.294. The summed E-state index contributed by atoms with van der Waals surface area (Å²) in [6.45, 7) is 1.43. The van der Waals surface area contributed by atoms with Crippen LogP contribution in [0.3, 0.4) is 0 Å². The van der Waals surface area contributed by atoms with E-state index in [-0.39, 0.29) is 11.9 Å². The standard InChI is InChI=1S/C17H17N5O/c18-11-13-4-1-5-14(10-13)16(23)21-12-15-6-2-9-22(15)17-19-7-3-8-20-17/h1,3-5,7-8,10,15H,2,6,9,12H2,(H,21,23)/t15-/m1/s1. The van der Waals surface area contributed by atoms with Gasteiger partial charge in [-0.15, -0.1) is 0 Å². The van der Waals surface area contributed by atoms with Crippen LogP contribution in [0.25, 0.3) is 0 Å². The van der Waals surface area contributed by atoms with Gasteiger partial charge in [-0.05, 0) is 37.1 Å². The normalized spacial score (nSPS) is 16.8. The van der Waals surface area contributed by atoms with E-state index < -0.39 is 0 Å². The number of carbonyl (C=O) groups is 1. The minimum Gasteiger partial charge on any atom is -0.350 e. The largest absolute Gasteiger partial charge is 0.350 e. The van der Waals surface area contributed by atoms with E-state index in [0.717, 1.165) is 19.4 Å². The quantitative estimate of drug-likeness (QED) is 0.930. The number of hydrogen-bond donors (Lipinski definition) is 1. The molecule has 6 nitrogen and oxygen atoms in total. The maximum Gasteiger partial charge on any atom is 0.251 e. The predicted octanol–water partition coefficient (Wildman–Crippen LogP) is 1.75. The summed E-state index contributed by atoms with van der Waals surface area (Å²) >= 11 is 0. The zero-order chi connectivity index (χ0) is 16.1. The lowest BCUT2D eigenvalue weighted by atomic mass is 10.1.